The molecule has 0 saturated carbocycles. The molecule has 5 rings (SSSR count). The van der Waals surface area contributed by atoms with Gasteiger partial charge in [0.2, 0.25) is 5.16 Å². The summed E-state index contributed by atoms with van der Waals surface area (Å²) in [5.41, 5.74) is 2.55. The summed E-state index contributed by atoms with van der Waals surface area (Å²) in [6.45, 7) is 0. The lowest BCUT2D eigenvalue weighted by Gasteiger charge is -2.32. The number of anilines is 1. The number of rotatable bonds is 5. The molecule has 9 heteroatoms. The predicted octanol–water partition coefficient (Wildman–Crippen LogP) is 3.67. The average Bonchev–Trinajstić information content (AvgIpc) is 2.91. The Balaban J connectivity index is 1.83. The minimum atomic E-state index is -0.749. The molecule has 1 aliphatic heterocycles. The molecule has 0 spiro atoms. The highest BCUT2D eigenvalue weighted by molar-refractivity contribution is 7.98. The van der Waals surface area contributed by atoms with Crippen LogP contribution in [0.25, 0.3) is 11.3 Å². The van der Waals surface area contributed by atoms with Crippen LogP contribution >= 0.6 is 11.8 Å². The second-order valence-electron chi connectivity index (χ2n) is 7.80. The zero-order chi connectivity index (χ0) is 24.5. The molecule has 0 unspecified atom stereocenters. The number of methoxy groups -OCH3 is 2. The van der Waals surface area contributed by atoms with Gasteiger partial charge in [-0.15, -0.1) is 0 Å². The van der Waals surface area contributed by atoms with Gasteiger partial charge in [0.25, 0.3) is 12.1 Å². The van der Waals surface area contributed by atoms with Crippen molar-refractivity contribution in [2.24, 2.45) is 0 Å². The fourth-order valence-electron chi connectivity index (χ4n) is 4.32. The van der Waals surface area contributed by atoms with Gasteiger partial charge in [0.1, 0.15) is 0 Å². The summed E-state index contributed by atoms with van der Waals surface area (Å²) in [5.74, 6) is 0.846. The SMILES string of the molecule is COc1ccc([C@@H]2N(C(=O)c3ccccc3)c3ccccc3-c3c(=O)[nH]c(SC)n[n+]32)cc1OC. The lowest BCUT2D eigenvalue weighted by Crippen LogP contribution is -2.60. The Morgan fingerprint density at radius 2 is 1.71 bits per heavy atom. The van der Waals surface area contributed by atoms with Gasteiger partial charge in [-0.2, -0.15) is 0 Å². The van der Waals surface area contributed by atoms with Crippen LogP contribution in [0, 0.1) is 0 Å². The number of carbonyl (C=O) groups is 1. The van der Waals surface area contributed by atoms with E-state index in [9.17, 15) is 9.59 Å². The van der Waals surface area contributed by atoms with E-state index >= 15 is 0 Å². The lowest BCUT2D eigenvalue weighted by molar-refractivity contribution is -0.763. The number of fused-ring (bicyclic) bond motifs is 3. The first-order valence-electron chi connectivity index (χ1n) is 10.9. The van der Waals surface area contributed by atoms with Crippen LogP contribution in [-0.2, 0) is 0 Å². The topological polar surface area (TPSA) is 88.4 Å². The van der Waals surface area contributed by atoms with Gasteiger partial charge in [-0.3, -0.25) is 14.6 Å². The molecule has 0 bridgehead atoms. The Morgan fingerprint density at radius 3 is 2.43 bits per heavy atom. The van der Waals surface area contributed by atoms with Crippen molar-refractivity contribution in [2.75, 3.05) is 25.4 Å². The van der Waals surface area contributed by atoms with Gasteiger partial charge in [-0.05, 0) is 53.4 Å². The number of aromatic amines is 1. The van der Waals surface area contributed by atoms with Gasteiger partial charge in [0.15, 0.2) is 11.5 Å². The molecule has 0 saturated heterocycles. The van der Waals surface area contributed by atoms with Crippen molar-refractivity contribution in [1.29, 1.82) is 0 Å². The number of nitrogens with zero attached hydrogens (tertiary/aromatic N) is 3. The van der Waals surface area contributed by atoms with Gasteiger partial charge in [-0.25, -0.2) is 4.90 Å². The van der Waals surface area contributed by atoms with Crippen molar-refractivity contribution in [3.8, 4) is 22.8 Å². The van der Waals surface area contributed by atoms with Gasteiger partial charge >= 0.3 is 11.3 Å². The van der Waals surface area contributed by atoms with Crippen LogP contribution in [-0.4, -0.2) is 36.5 Å². The Kier molecular flexibility index (Phi) is 6.00. The lowest BCUT2D eigenvalue weighted by atomic mass is 10.00. The highest BCUT2D eigenvalue weighted by Gasteiger charge is 2.46. The number of para-hydroxylation sites is 1. The molecule has 4 aromatic rings. The average molecular weight is 488 g/mol. The van der Waals surface area contributed by atoms with Crippen molar-refractivity contribution in [1.82, 2.24) is 10.1 Å². The van der Waals surface area contributed by atoms with Crippen LogP contribution in [0.3, 0.4) is 0 Å². The summed E-state index contributed by atoms with van der Waals surface area (Å²) in [5, 5.41) is 5.17. The van der Waals surface area contributed by atoms with Gasteiger partial charge in [0.05, 0.1) is 25.5 Å². The number of ether oxygens (including phenoxy) is 2. The summed E-state index contributed by atoms with van der Waals surface area (Å²) < 4.78 is 12.6. The van der Waals surface area contributed by atoms with Crippen LogP contribution in [0.4, 0.5) is 5.69 Å². The molecular formula is C26H23N4O4S+. The third kappa shape index (κ3) is 3.83. The number of amides is 1. The maximum atomic E-state index is 14.0. The number of aromatic nitrogens is 3. The van der Waals surface area contributed by atoms with Crippen LogP contribution < -0.4 is 24.6 Å². The predicted molar refractivity (Wildman–Crippen MR) is 133 cm³/mol. The number of hydrogen-bond donors (Lipinski definition) is 1. The fourth-order valence-corrected chi connectivity index (χ4v) is 4.68. The molecule has 1 aliphatic rings. The highest BCUT2D eigenvalue weighted by atomic mass is 32.2. The molecule has 2 heterocycles. The largest absolute Gasteiger partial charge is 0.493 e. The maximum absolute atomic E-state index is 14.0. The van der Waals surface area contributed by atoms with Gasteiger partial charge in [0, 0.05) is 16.2 Å². The van der Waals surface area contributed by atoms with E-state index < -0.39 is 6.17 Å². The third-order valence-electron chi connectivity index (χ3n) is 5.90. The van der Waals surface area contributed by atoms with Crippen molar-refractivity contribution in [3.05, 3.63) is 94.3 Å². The molecule has 3 aromatic carbocycles. The van der Waals surface area contributed by atoms with Crippen molar-refractivity contribution >= 4 is 23.4 Å². The Labute approximate surface area is 206 Å². The minimum Gasteiger partial charge on any atom is -0.493 e. The maximum Gasteiger partial charge on any atom is 0.325 e. The zero-order valence-corrected chi connectivity index (χ0v) is 20.2. The molecule has 1 N–H and O–H groups in total. The number of thioether (sulfide) groups is 1. The Hall–Kier alpha value is -4.11. The first-order valence-corrected chi connectivity index (χ1v) is 12.1. The number of H-pyrrole nitrogens is 1. The molecule has 8 nitrogen and oxygen atoms in total. The second-order valence-corrected chi connectivity index (χ2v) is 8.60. The molecule has 0 fully saturated rings. The summed E-state index contributed by atoms with van der Waals surface area (Å²) >= 11 is 1.32. The first-order chi connectivity index (χ1) is 17.1. The van der Waals surface area contributed by atoms with Crippen molar-refractivity contribution in [2.45, 2.75) is 11.3 Å². The van der Waals surface area contributed by atoms with E-state index in [1.807, 2.05) is 54.8 Å². The molecule has 0 aliphatic carbocycles. The van der Waals surface area contributed by atoms with E-state index in [1.54, 1.807) is 48.1 Å². The van der Waals surface area contributed by atoms with Crippen LogP contribution in [0.2, 0.25) is 0 Å². The summed E-state index contributed by atoms with van der Waals surface area (Å²) in [6, 6.07) is 21.9. The van der Waals surface area contributed by atoms with Crippen LogP contribution in [0.1, 0.15) is 22.1 Å². The van der Waals surface area contributed by atoms with E-state index in [0.29, 0.717) is 44.7 Å². The Morgan fingerprint density at radius 1 is 1.00 bits per heavy atom. The van der Waals surface area contributed by atoms with E-state index in [4.69, 9.17) is 14.6 Å². The molecule has 1 aromatic heterocycles. The van der Waals surface area contributed by atoms with Gasteiger partial charge in [-0.1, -0.05) is 42.1 Å². The molecule has 176 valence electrons. The zero-order valence-electron chi connectivity index (χ0n) is 19.4. The quantitative estimate of drug-likeness (QED) is 0.341. The number of benzene rings is 3. The number of carbonyl (C=O) groups excluding carboxylic acids is 1. The molecular weight excluding hydrogens is 464 g/mol. The highest BCUT2D eigenvalue weighted by Crippen LogP contribution is 2.40. The molecule has 0 radical (unpaired) electrons. The molecule has 35 heavy (non-hydrogen) atoms. The second kappa shape index (κ2) is 9.27. The monoisotopic (exact) mass is 487 g/mol. The summed E-state index contributed by atoms with van der Waals surface area (Å²) in [4.78, 5) is 31.8. The number of nitrogens with one attached hydrogen (secondary N) is 1. The normalized spacial score (nSPS) is 14.1. The van der Waals surface area contributed by atoms with E-state index in [1.165, 1.54) is 11.8 Å². The fraction of sp³-hybridized carbons (Fsp3) is 0.154. The Bertz CT molecular complexity index is 1470. The van der Waals surface area contributed by atoms with Crippen LogP contribution in [0.15, 0.2) is 82.7 Å². The molecule has 1 atom stereocenters. The first kappa shape index (κ1) is 22.7. The van der Waals surface area contributed by atoms with Crippen molar-refractivity contribution in [3.63, 3.8) is 0 Å². The number of hydrogen-bond acceptors (Lipinski definition) is 6. The van der Waals surface area contributed by atoms with Crippen LogP contribution in [0.5, 0.6) is 11.5 Å². The summed E-state index contributed by atoms with van der Waals surface area (Å²) in [6.07, 6.45) is 1.08. The van der Waals surface area contributed by atoms with E-state index in [-0.39, 0.29) is 11.5 Å². The summed E-state index contributed by atoms with van der Waals surface area (Å²) in [7, 11) is 3.12. The van der Waals surface area contributed by atoms with Crippen molar-refractivity contribution < 1.29 is 19.0 Å². The smallest absolute Gasteiger partial charge is 0.325 e. The van der Waals surface area contributed by atoms with E-state index in [2.05, 4.69) is 4.98 Å². The van der Waals surface area contributed by atoms with E-state index in [0.717, 1.165) is 0 Å². The molecule has 1 amide bonds. The van der Waals surface area contributed by atoms with Gasteiger partial charge < -0.3 is 9.47 Å². The standard InChI is InChI=1S/C26H22N4O4S/c1-33-20-14-13-17(15-21(20)34-2)24-29(25(32)16-9-5-4-6-10-16)19-12-8-7-11-18(19)22-23(31)27-26(35-3)28-30(22)24/h4-15,24H,1-3H3/p+1/t24-/m1/s1. The third-order valence-corrected chi connectivity index (χ3v) is 6.47. The minimum absolute atomic E-state index is 0.219.